The summed E-state index contributed by atoms with van der Waals surface area (Å²) in [5.41, 5.74) is 12.2. The quantitative estimate of drug-likeness (QED) is 0.302. The largest absolute Gasteiger partial charge is 0.355 e. The van der Waals surface area contributed by atoms with E-state index in [1.54, 1.807) is 0 Å². The minimum Gasteiger partial charge on any atom is -0.355 e. The lowest BCUT2D eigenvalue weighted by molar-refractivity contribution is 0.507. The maximum Gasteiger partial charge on any atom is 0.129 e. The second-order valence-electron chi connectivity index (χ2n) is 9.89. The van der Waals surface area contributed by atoms with Crippen LogP contribution >= 0.6 is 0 Å². The van der Waals surface area contributed by atoms with Crippen LogP contribution in [0.15, 0.2) is 36.4 Å². The molecule has 1 aliphatic heterocycles. The molecule has 1 fully saturated rings. The third kappa shape index (κ3) is 3.14. The zero-order valence-corrected chi connectivity index (χ0v) is 20.7. The molecule has 0 saturated carbocycles. The first kappa shape index (κ1) is 21.0. The van der Waals surface area contributed by atoms with Crippen LogP contribution in [-0.4, -0.2) is 33.0 Å². The number of nitrogens with zero attached hydrogens (tertiary/aromatic N) is 5. The average Bonchev–Trinajstić information content (AvgIpc) is 2.78. The van der Waals surface area contributed by atoms with E-state index in [1.807, 2.05) is 6.92 Å². The van der Waals surface area contributed by atoms with Crippen molar-refractivity contribution < 1.29 is 0 Å². The summed E-state index contributed by atoms with van der Waals surface area (Å²) in [4.78, 5) is 22.2. The lowest BCUT2D eigenvalue weighted by Gasteiger charge is -2.40. The molecule has 1 saturated heterocycles. The summed E-state index contributed by atoms with van der Waals surface area (Å²) in [5, 5.41) is 2.38. The molecule has 0 radical (unpaired) electrons. The molecule has 0 N–H and O–H groups in total. The highest BCUT2D eigenvalue weighted by atomic mass is 15.2. The van der Waals surface area contributed by atoms with Gasteiger partial charge in [-0.25, -0.2) is 15.0 Å². The zero-order chi connectivity index (χ0) is 23.7. The SMILES string of the molecule is Cc1ccc2c(C)c(C)c3ccc(N4CC(c5nc6cc(C)c(C)cc6nc5C)C4)nc3c2n1. The van der Waals surface area contributed by atoms with E-state index in [2.05, 4.69) is 75.9 Å². The number of hydrogen-bond donors (Lipinski definition) is 0. The van der Waals surface area contributed by atoms with Crippen LogP contribution in [0, 0.1) is 41.5 Å². The molecule has 0 unspecified atom stereocenters. The first-order valence-corrected chi connectivity index (χ1v) is 12.0. The molecule has 5 aromatic rings. The molecule has 5 nitrogen and oxygen atoms in total. The Kier molecular flexibility index (Phi) is 4.60. The van der Waals surface area contributed by atoms with E-state index in [0.29, 0.717) is 5.92 Å². The number of fused-ring (bicyclic) bond motifs is 4. The van der Waals surface area contributed by atoms with Gasteiger partial charge in [-0.15, -0.1) is 0 Å². The highest BCUT2D eigenvalue weighted by Crippen LogP contribution is 2.35. The summed E-state index contributed by atoms with van der Waals surface area (Å²) >= 11 is 0. The summed E-state index contributed by atoms with van der Waals surface area (Å²) in [6.07, 6.45) is 0. The molecule has 6 rings (SSSR count). The lowest BCUT2D eigenvalue weighted by Crippen LogP contribution is -2.46. The van der Waals surface area contributed by atoms with Crippen LogP contribution in [0.2, 0.25) is 0 Å². The van der Waals surface area contributed by atoms with E-state index in [0.717, 1.165) is 58.1 Å². The molecule has 0 amide bonds. The smallest absolute Gasteiger partial charge is 0.129 e. The van der Waals surface area contributed by atoms with E-state index in [4.69, 9.17) is 19.9 Å². The van der Waals surface area contributed by atoms with Crippen LogP contribution in [0.25, 0.3) is 32.8 Å². The molecule has 4 heterocycles. The van der Waals surface area contributed by atoms with Crippen molar-refractivity contribution in [2.24, 2.45) is 0 Å². The van der Waals surface area contributed by atoms with Crippen molar-refractivity contribution in [2.75, 3.05) is 18.0 Å². The topological polar surface area (TPSA) is 54.8 Å². The average molecular weight is 448 g/mol. The summed E-state index contributed by atoms with van der Waals surface area (Å²) in [6.45, 7) is 14.6. The minimum absolute atomic E-state index is 0.368. The third-order valence-corrected chi connectivity index (χ3v) is 7.59. The van der Waals surface area contributed by atoms with Crippen LogP contribution in [0.3, 0.4) is 0 Å². The third-order valence-electron chi connectivity index (χ3n) is 7.59. The van der Waals surface area contributed by atoms with Gasteiger partial charge in [0.05, 0.1) is 33.5 Å². The number of anilines is 1. The fraction of sp³-hybridized carbons (Fsp3) is 0.310. The number of benzene rings is 2. The van der Waals surface area contributed by atoms with Crippen LogP contribution < -0.4 is 4.90 Å². The van der Waals surface area contributed by atoms with E-state index < -0.39 is 0 Å². The molecular formula is C29H29N5. The summed E-state index contributed by atoms with van der Waals surface area (Å²) in [7, 11) is 0. The molecule has 1 aliphatic rings. The highest BCUT2D eigenvalue weighted by molar-refractivity contribution is 6.06. The minimum atomic E-state index is 0.368. The van der Waals surface area contributed by atoms with Gasteiger partial charge in [0.2, 0.25) is 0 Å². The van der Waals surface area contributed by atoms with Gasteiger partial charge in [0, 0.05) is 35.5 Å². The van der Waals surface area contributed by atoms with Crippen LogP contribution in [0.4, 0.5) is 5.82 Å². The van der Waals surface area contributed by atoms with Crippen LogP contribution in [0.5, 0.6) is 0 Å². The van der Waals surface area contributed by atoms with Gasteiger partial charge < -0.3 is 4.90 Å². The Labute approximate surface area is 199 Å². The molecule has 0 aliphatic carbocycles. The zero-order valence-electron chi connectivity index (χ0n) is 20.7. The van der Waals surface area contributed by atoms with Crippen LogP contribution in [-0.2, 0) is 0 Å². The predicted octanol–water partition coefficient (Wildman–Crippen LogP) is 6.18. The normalized spacial score (nSPS) is 14.4. The van der Waals surface area contributed by atoms with Gasteiger partial charge in [-0.3, -0.25) is 4.98 Å². The van der Waals surface area contributed by atoms with E-state index in [9.17, 15) is 0 Å². The van der Waals surface area contributed by atoms with Gasteiger partial charge in [-0.1, -0.05) is 6.07 Å². The Morgan fingerprint density at radius 1 is 0.676 bits per heavy atom. The Balaban J connectivity index is 1.35. The highest BCUT2D eigenvalue weighted by Gasteiger charge is 2.32. The van der Waals surface area contributed by atoms with Gasteiger partial charge in [0.1, 0.15) is 5.82 Å². The number of aryl methyl sites for hydroxylation is 6. The van der Waals surface area contributed by atoms with Gasteiger partial charge >= 0.3 is 0 Å². The summed E-state index contributed by atoms with van der Waals surface area (Å²) in [5.74, 6) is 1.38. The number of rotatable bonds is 2. The summed E-state index contributed by atoms with van der Waals surface area (Å²) < 4.78 is 0. The second-order valence-corrected chi connectivity index (χ2v) is 9.89. The fourth-order valence-electron chi connectivity index (χ4n) is 5.19. The first-order chi connectivity index (χ1) is 16.3. The van der Waals surface area contributed by atoms with Gasteiger partial charge in [-0.2, -0.15) is 0 Å². The first-order valence-electron chi connectivity index (χ1n) is 12.0. The monoisotopic (exact) mass is 447 g/mol. The van der Waals surface area contributed by atoms with Crippen molar-refractivity contribution in [3.05, 3.63) is 75.7 Å². The molecule has 5 heteroatoms. The van der Waals surface area contributed by atoms with Crippen molar-refractivity contribution >= 4 is 38.7 Å². The Morgan fingerprint density at radius 3 is 1.94 bits per heavy atom. The van der Waals surface area contributed by atoms with Crippen molar-refractivity contribution in [3.8, 4) is 0 Å². The van der Waals surface area contributed by atoms with E-state index >= 15 is 0 Å². The second kappa shape index (κ2) is 7.45. The molecule has 0 spiro atoms. The molecule has 170 valence electrons. The van der Waals surface area contributed by atoms with Gasteiger partial charge in [0.25, 0.3) is 0 Å². The molecule has 3 aromatic heterocycles. The van der Waals surface area contributed by atoms with Gasteiger partial charge in [0.15, 0.2) is 0 Å². The molecular weight excluding hydrogens is 418 g/mol. The predicted molar refractivity (Wildman–Crippen MR) is 140 cm³/mol. The number of pyridine rings is 2. The van der Waals surface area contributed by atoms with Crippen molar-refractivity contribution in [2.45, 2.75) is 47.5 Å². The van der Waals surface area contributed by atoms with Crippen molar-refractivity contribution in [1.82, 2.24) is 19.9 Å². The lowest BCUT2D eigenvalue weighted by atomic mass is 9.93. The standard InChI is InChI=1S/C29H29N5/c1-15-11-24-25(12-16(15)2)32-27(20(6)31-24)21-13-34(14-21)26-10-9-23-19(5)18(4)22-8-7-17(3)30-28(22)29(23)33-26/h7-12,21H,13-14H2,1-6H3. The Bertz CT molecular complexity index is 1630. The molecule has 34 heavy (non-hydrogen) atoms. The molecule has 2 aromatic carbocycles. The summed E-state index contributed by atoms with van der Waals surface area (Å²) in [6, 6.07) is 12.9. The van der Waals surface area contributed by atoms with Crippen molar-refractivity contribution in [3.63, 3.8) is 0 Å². The van der Waals surface area contributed by atoms with Crippen LogP contribution in [0.1, 0.15) is 45.3 Å². The maximum atomic E-state index is 5.12. The molecule has 0 atom stereocenters. The van der Waals surface area contributed by atoms with Crippen molar-refractivity contribution in [1.29, 1.82) is 0 Å². The van der Waals surface area contributed by atoms with E-state index in [-0.39, 0.29) is 0 Å². The Hall–Kier alpha value is -3.60. The maximum absolute atomic E-state index is 5.12. The molecule has 0 bridgehead atoms. The Morgan fingerprint density at radius 2 is 1.26 bits per heavy atom. The number of aromatic nitrogens is 4. The number of hydrogen-bond acceptors (Lipinski definition) is 5. The van der Waals surface area contributed by atoms with E-state index in [1.165, 1.54) is 33.0 Å². The fourth-order valence-corrected chi connectivity index (χ4v) is 5.19. The van der Waals surface area contributed by atoms with Gasteiger partial charge in [-0.05, 0) is 94.1 Å².